The van der Waals surface area contributed by atoms with Crippen LogP contribution in [0.5, 0.6) is 5.75 Å². The van der Waals surface area contributed by atoms with E-state index in [1.807, 2.05) is 6.92 Å². The number of anilines is 1. The van der Waals surface area contributed by atoms with E-state index >= 15 is 0 Å². The third kappa shape index (κ3) is 7.74. The molecule has 0 aliphatic heterocycles. The van der Waals surface area contributed by atoms with Gasteiger partial charge in [-0.15, -0.1) is 0 Å². The van der Waals surface area contributed by atoms with E-state index in [1.165, 1.54) is 30.5 Å². The van der Waals surface area contributed by atoms with E-state index < -0.39 is 36.1 Å². The second-order valence-electron chi connectivity index (χ2n) is 6.40. The predicted octanol–water partition coefficient (Wildman–Crippen LogP) is 2.70. The van der Waals surface area contributed by atoms with Crippen LogP contribution in [0.2, 0.25) is 0 Å². The van der Waals surface area contributed by atoms with Crippen molar-refractivity contribution in [1.29, 1.82) is 0 Å². The Morgan fingerprint density at radius 3 is 2.38 bits per heavy atom. The standard InChI is InChI=1S/C21H21F3N4O4/c1-2-11-25-19(30)20(31)28-26-12-14-7-9-15(10-8-14)32-13-18(29)27-17-6-4-3-5-16(17)21(22,23)24/h3-10,12H,2,11,13H2,1H3,(H,25,30)(H,27,29)(H,28,31)/b26-12-. The fraction of sp³-hybridized carbons (Fsp3) is 0.238. The van der Waals surface area contributed by atoms with Crippen LogP contribution in [0.15, 0.2) is 53.6 Å². The molecule has 0 unspecified atom stereocenters. The molecule has 0 atom stereocenters. The zero-order chi connectivity index (χ0) is 23.6. The number of hydrogen-bond acceptors (Lipinski definition) is 5. The number of rotatable bonds is 8. The SMILES string of the molecule is CCCNC(=O)C(=O)N/N=C\c1ccc(OCC(=O)Nc2ccccc2C(F)(F)F)cc1. The molecular weight excluding hydrogens is 429 g/mol. The molecule has 0 aliphatic rings. The van der Waals surface area contributed by atoms with Gasteiger partial charge < -0.3 is 15.4 Å². The molecule has 3 amide bonds. The van der Waals surface area contributed by atoms with Gasteiger partial charge in [0.25, 0.3) is 5.91 Å². The lowest BCUT2D eigenvalue weighted by molar-refractivity contribution is -0.139. The molecule has 0 spiro atoms. The first-order chi connectivity index (χ1) is 15.2. The van der Waals surface area contributed by atoms with Crippen LogP contribution in [0.3, 0.4) is 0 Å². The van der Waals surface area contributed by atoms with Gasteiger partial charge in [0, 0.05) is 6.54 Å². The molecule has 3 N–H and O–H groups in total. The van der Waals surface area contributed by atoms with Gasteiger partial charge in [0.15, 0.2) is 6.61 Å². The molecule has 170 valence electrons. The Balaban J connectivity index is 1.84. The number of benzene rings is 2. The van der Waals surface area contributed by atoms with E-state index in [-0.39, 0.29) is 5.69 Å². The summed E-state index contributed by atoms with van der Waals surface area (Å²) in [5.74, 6) is -2.14. The number of ether oxygens (including phenoxy) is 1. The Labute approximate surface area is 181 Å². The predicted molar refractivity (Wildman–Crippen MR) is 111 cm³/mol. The lowest BCUT2D eigenvalue weighted by atomic mass is 10.1. The zero-order valence-electron chi connectivity index (χ0n) is 17.0. The molecule has 2 aromatic carbocycles. The third-order valence-electron chi connectivity index (χ3n) is 3.88. The summed E-state index contributed by atoms with van der Waals surface area (Å²) in [6, 6.07) is 10.8. The van der Waals surface area contributed by atoms with E-state index in [1.54, 1.807) is 12.1 Å². The van der Waals surface area contributed by atoms with Crippen molar-refractivity contribution >= 4 is 29.6 Å². The number of amides is 3. The van der Waals surface area contributed by atoms with Gasteiger partial charge in [-0.1, -0.05) is 19.1 Å². The second-order valence-corrected chi connectivity index (χ2v) is 6.40. The fourth-order valence-corrected chi connectivity index (χ4v) is 2.36. The molecule has 2 aromatic rings. The quantitative estimate of drug-likeness (QED) is 0.326. The second kappa shape index (κ2) is 11.5. The molecule has 0 radical (unpaired) electrons. The normalized spacial score (nSPS) is 11.1. The Morgan fingerprint density at radius 2 is 1.72 bits per heavy atom. The summed E-state index contributed by atoms with van der Waals surface area (Å²) < 4.78 is 44.2. The average Bonchev–Trinajstić information content (AvgIpc) is 2.76. The van der Waals surface area contributed by atoms with Crippen LogP contribution < -0.4 is 20.8 Å². The van der Waals surface area contributed by atoms with Crippen LogP contribution in [-0.4, -0.2) is 37.1 Å². The first-order valence-corrected chi connectivity index (χ1v) is 9.51. The Hall–Kier alpha value is -3.89. The summed E-state index contributed by atoms with van der Waals surface area (Å²) in [5, 5.41) is 8.26. The molecule has 0 fully saturated rings. The molecule has 0 bridgehead atoms. The van der Waals surface area contributed by atoms with Crippen molar-refractivity contribution in [3.8, 4) is 5.75 Å². The molecule has 0 aliphatic carbocycles. The van der Waals surface area contributed by atoms with Gasteiger partial charge in [-0.25, -0.2) is 5.43 Å². The number of nitrogens with one attached hydrogen (secondary N) is 3. The summed E-state index contributed by atoms with van der Waals surface area (Å²) in [7, 11) is 0. The average molecular weight is 450 g/mol. The lowest BCUT2D eigenvalue weighted by Crippen LogP contribution is -2.38. The molecule has 0 heterocycles. The van der Waals surface area contributed by atoms with Gasteiger partial charge >= 0.3 is 18.0 Å². The van der Waals surface area contributed by atoms with Gasteiger partial charge in [0.2, 0.25) is 0 Å². The maximum Gasteiger partial charge on any atom is 0.418 e. The number of hydrogen-bond donors (Lipinski definition) is 3. The van der Waals surface area contributed by atoms with Crippen molar-refractivity contribution in [2.45, 2.75) is 19.5 Å². The number of carbonyl (C=O) groups excluding carboxylic acids is 3. The first-order valence-electron chi connectivity index (χ1n) is 9.51. The summed E-state index contributed by atoms with van der Waals surface area (Å²) in [4.78, 5) is 34.8. The molecule has 8 nitrogen and oxygen atoms in total. The lowest BCUT2D eigenvalue weighted by Gasteiger charge is -2.13. The summed E-state index contributed by atoms with van der Waals surface area (Å²) in [5.41, 5.74) is 1.34. The van der Waals surface area contributed by atoms with Crippen molar-refractivity contribution in [3.05, 3.63) is 59.7 Å². The minimum absolute atomic E-state index is 0.296. The highest BCUT2D eigenvalue weighted by Crippen LogP contribution is 2.34. The van der Waals surface area contributed by atoms with Crippen LogP contribution in [0, 0.1) is 0 Å². The van der Waals surface area contributed by atoms with Crippen molar-refractivity contribution < 1.29 is 32.3 Å². The first kappa shape index (κ1) is 24.4. The minimum atomic E-state index is -4.60. The van der Waals surface area contributed by atoms with Crippen molar-refractivity contribution in [1.82, 2.24) is 10.7 Å². The maximum atomic E-state index is 13.0. The minimum Gasteiger partial charge on any atom is -0.484 e. The van der Waals surface area contributed by atoms with Gasteiger partial charge in [0.1, 0.15) is 5.75 Å². The number of hydrazone groups is 1. The summed E-state index contributed by atoms with van der Waals surface area (Å²) >= 11 is 0. The highest BCUT2D eigenvalue weighted by atomic mass is 19.4. The van der Waals surface area contributed by atoms with Gasteiger partial charge in [-0.2, -0.15) is 18.3 Å². The molecule has 11 heteroatoms. The molecule has 0 saturated heterocycles. The van der Waals surface area contributed by atoms with E-state index in [4.69, 9.17) is 4.74 Å². The summed E-state index contributed by atoms with van der Waals surface area (Å²) in [6.45, 7) is 1.73. The highest BCUT2D eigenvalue weighted by molar-refractivity contribution is 6.35. The van der Waals surface area contributed by atoms with Crippen LogP contribution >= 0.6 is 0 Å². The van der Waals surface area contributed by atoms with E-state index in [2.05, 4.69) is 21.2 Å². The highest BCUT2D eigenvalue weighted by Gasteiger charge is 2.33. The van der Waals surface area contributed by atoms with Crippen LogP contribution in [0.4, 0.5) is 18.9 Å². The van der Waals surface area contributed by atoms with Gasteiger partial charge in [-0.05, 0) is 48.4 Å². The number of halogens is 3. The Morgan fingerprint density at radius 1 is 1.03 bits per heavy atom. The van der Waals surface area contributed by atoms with Gasteiger partial charge in [-0.3, -0.25) is 14.4 Å². The summed E-state index contributed by atoms with van der Waals surface area (Å²) in [6.07, 6.45) is -2.60. The monoisotopic (exact) mass is 450 g/mol. The zero-order valence-corrected chi connectivity index (χ0v) is 17.0. The Bertz CT molecular complexity index is 976. The topological polar surface area (TPSA) is 109 Å². The van der Waals surface area contributed by atoms with Crippen molar-refractivity contribution in [2.24, 2.45) is 5.10 Å². The molecular formula is C21H21F3N4O4. The number of nitrogens with zero attached hydrogens (tertiary/aromatic N) is 1. The van der Waals surface area contributed by atoms with Crippen molar-refractivity contribution in [3.63, 3.8) is 0 Å². The fourth-order valence-electron chi connectivity index (χ4n) is 2.36. The molecule has 2 rings (SSSR count). The molecule has 0 aromatic heterocycles. The van der Waals surface area contributed by atoms with Crippen LogP contribution in [-0.2, 0) is 20.6 Å². The van der Waals surface area contributed by atoms with Crippen LogP contribution in [0.1, 0.15) is 24.5 Å². The number of para-hydroxylation sites is 1. The van der Waals surface area contributed by atoms with E-state index in [0.717, 1.165) is 12.1 Å². The van der Waals surface area contributed by atoms with E-state index in [9.17, 15) is 27.6 Å². The molecule has 32 heavy (non-hydrogen) atoms. The van der Waals surface area contributed by atoms with Crippen molar-refractivity contribution in [2.75, 3.05) is 18.5 Å². The smallest absolute Gasteiger partial charge is 0.418 e. The maximum absolute atomic E-state index is 13.0. The van der Waals surface area contributed by atoms with Gasteiger partial charge in [0.05, 0.1) is 17.5 Å². The third-order valence-corrected chi connectivity index (χ3v) is 3.88. The number of carbonyl (C=O) groups is 3. The van der Waals surface area contributed by atoms with Crippen LogP contribution in [0.25, 0.3) is 0 Å². The Kier molecular flexibility index (Phi) is 8.75. The number of alkyl halides is 3. The molecule has 0 saturated carbocycles. The van der Waals surface area contributed by atoms with E-state index in [0.29, 0.717) is 24.3 Å². The largest absolute Gasteiger partial charge is 0.484 e.